The topological polar surface area (TPSA) is 102 Å². The van der Waals surface area contributed by atoms with Gasteiger partial charge in [-0.25, -0.2) is 0 Å². The Balaban J connectivity index is 2.12. The van der Waals surface area contributed by atoms with Crippen LogP contribution in [0.2, 0.25) is 0 Å². The molecule has 2 atom stereocenters. The lowest BCUT2D eigenvalue weighted by molar-refractivity contribution is -0.0667. The first kappa shape index (κ1) is 12.2. The molecule has 1 aliphatic rings. The predicted octanol–water partition coefficient (Wildman–Crippen LogP) is -0.658. The van der Waals surface area contributed by atoms with Gasteiger partial charge in [0.1, 0.15) is 0 Å². The number of hydrogen-bond donors (Lipinski definition) is 2. The average molecular weight is 258 g/mol. The van der Waals surface area contributed by atoms with Crippen molar-refractivity contribution in [1.82, 2.24) is 15.1 Å². The summed E-state index contributed by atoms with van der Waals surface area (Å²) >= 11 is 1.06. The number of ether oxygens (including phenoxy) is 1. The summed E-state index contributed by atoms with van der Waals surface area (Å²) in [6, 6.07) is -0.0459. The van der Waals surface area contributed by atoms with E-state index in [4.69, 9.17) is 15.6 Å². The van der Waals surface area contributed by atoms with Gasteiger partial charge in [-0.05, 0) is 6.92 Å². The minimum absolute atomic E-state index is 0.0459. The number of aliphatic hydroxyl groups excluding tert-OH is 1. The van der Waals surface area contributed by atoms with E-state index in [9.17, 15) is 4.79 Å². The number of morpholine rings is 1. The van der Waals surface area contributed by atoms with Crippen LogP contribution < -0.4 is 5.73 Å². The molecule has 1 fully saturated rings. The fraction of sp³-hybridized carbons (Fsp3) is 0.667. The molecule has 0 aromatic carbocycles. The first-order valence-corrected chi connectivity index (χ1v) is 6.06. The van der Waals surface area contributed by atoms with Gasteiger partial charge in [0.2, 0.25) is 10.1 Å². The smallest absolute Gasteiger partial charge is 0.285 e. The average Bonchev–Trinajstić information content (AvgIpc) is 2.76. The van der Waals surface area contributed by atoms with Crippen LogP contribution in [-0.4, -0.2) is 58.0 Å². The van der Waals surface area contributed by atoms with E-state index in [0.29, 0.717) is 13.2 Å². The summed E-state index contributed by atoms with van der Waals surface area (Å²) in [5.41, 5.74) is 5.44. The molecule has 1 amide bonds. The Morgan fingerprint density at radius 1 is 1.71 bits per heavy atom. The number of nitrogen functional groups attached to an aromatic ring is 1. The zero-order valence-electron chi connectivity index (χ0n) is 9.37. The molecule has 0 spiro atoms. The summed E-state index contributed by atoms with van der Waals surface area (Å²) in [6.45, 7) is 2.55. The number of hydrogen-bond acceptors (Lipinski definition) is 7. The Labute approximate surface area is 102 Å². The van der Waals surface area contributed by atoms with Crippen molar-refractivity contribution >= 4 is 22.4 Å². The number of amides is 1. The lowest BCUT2D eigenvalue weighted by Crippen LogP contribution is -2.52. The van der Waals surface area contributed by atoms with Gasteiger partial charge in [-0.3, -0.25) is 4.79 Å². The molecule has 94 valence electrons. The number of anilines is 1. The monoisotopic (exact) mass is 258 g/mol. The number of carbonyl (C=O) groups excluding carboxylic acids is 1. The Morgan fingerprint density at radius 3 is 3.06 bits per heavy atom. The van der Waals surface area contributed by atoms with Crippen LogP contribution >= 0.6 is 11.3 Å². The van der Waals surface area contributed by atoms with E-state index in [2.05, 4.69) is 10.2 Å². The van der Waals surface area contributed by atoms with E-state index >= 15 is 0 Å². The standard InChI is InChI=1S/C9H14N4O3S/c1-5-4-16-6(3-14)2-13(5)8(15)7-11-12-9(10)17-7/h5-6,14H,2-4H2,1H3,(H2,10,12). The maximum Gasteiger partial charge on any atom is 0.285 e. The van der Waals surface area contributed by atoms with Gasteiger partial charge in [-0.2, -0.15) is 0 Å². The quantitative estimate of drug-likeness (QED) is 0.730. The van der Waals surface area contributed by atoms with E-state index in [1.54, 1.807) is 4.90 Å². The van der Waals surface area contributed by atoms with Crippen LogP contribution in [0.5, 0.6) is 0 Å². The van der Waals surface area contributed by atoms with Crippen molar-refractivity contribution in [3.8, 4) is 0 Å². The molecule has 2 rings (SSSR count). The Morgan fingerprint density at radius 2 is 2.47 bits per heavy atom. The third-order valence-corrected chi connectivity index (χ3v) is 3.33. The maximum absolute atomic E-state index is 12.1. The van der Waals surface area contributed by atoms with Gasteiger partial charge >= 0.3 is 0 Å². The highest BCUT2D eigenvalue weighted by Gasteiger charge is 2.31. The molecule has 7 nitrogen and oxygen atoms in total. The number of aromatic nitrogens is 2. The largest absolute Gasteiger partial charge is 0.394 e. The van der Waals surface area contributed by atoms with Crippen molar-refractivity contribution in [3.05, 3.63) is 5.01 Å². The maximum atomic E-state index is 12.1. The molecule has 8 heteroatoms. The molecule has 1 aromatic heterocycles. The van der Waals surface area contributed by atoms with E-state index in [-0.39, 0.29) is 34.8 Å². The molecule has 3 N–H and O–H groups in total. The second-order valence-electron chi connectivity index (χ2n) is 3.89. The van der Waals surface area contributed by atoms with Gasteiger partial charge < -0.3 is 20.5 Å². The van der Waals surface area contributed by atoms with Gasteiger partial charge in [-0.15, -0.1) is 10.2 Å². The highest BCUT2D eigenvalue weighted by Crippen LogP contribution is 2.18. The molecule has 1 aromatic rings. The summed E-state index contributed by atoms with van der Waals surface area (Å²) in [7, 11) is 0. The molecule has 0 radical (unpaired) electrons. The van der Waals surface area contributed by atoms with Crippen LogP contribution in [0.3, 0.4) is 0 Å². The normalized spacial score (nSPS) is 24.9. The summed E-state index contributed by atoms with van der Waals surface area (Å²) < 4.78 is 5.36. The highest BCUT2D eigenvalue weighted by molar-refractivity contribution is 7.16. The zero-order valence-corrected chi connectivity index (χ0v) is 10.2. The molecular formula is C9H14N4O3S. The van der Waals surface area contributed by atoms with Gasteiger partial charge in [0.25, 0.3) is 5.91 Å². The lowest BCUT2D eigenvalue weighted by Gasteiger charge is -2.36. The molecule has 0 saturated carbocycles. The van der Waals surface area contributed by atoms with Crippen molar-refractivity contribution < 1.29 is 14.6 Å². The molecule has 1 saturated heterocycles. The summed E-state index contributed by atoms with van der Waals surface area (Å²) in [5, 5.41) is 16.9. The van der Waals surface area contributed by atoms with Crippen molar-refractivity contribution in [1.29, 1.82) is 0 Å². The first-order chi connectivity index (χ1) is 8.11. The SMILES string of the molecule is CC1COC(CO)CN1C(=O)c1nnc(N)s1. The third-order valence-electron chi connectivity index (χ3n) is 2.59. The molecule has 2 unspecified atom stereocenters. The fourth-order valence-electron chi connectivity index (χ4n) is 1.65. The summed E-state index contributed by atoms with van der Waals surface area (Å²) in [6.07, 6.45) is -0.333. The molecule has 0 aliphatic carbocycles. The van der Waals surface area contributed by atoms with Crippen molar-refractivity contribution in [3.63, 3.8) is 0 Å². The van der Waals surface area contributed by atoms with Crippen LogP contribution in [0.1, 0.15) is 16.7 Å². The van der Waals surface area contributed by atoms with Crippen LogP contribution in [0.25, 0.3) is 0 Å². The minimum atomic E-state index is -0.333. The van der Waals surface area contributed by atoms with Gasteiger partial charge in [0.05, 0.1) is 25.4 Å². The van der Waals surface area contributed by atoms with E-state index in [1.807, 2.05) is 6.92 Å². The van der Waals surface area contributed by atoms with Crippen LogP contribution in [-0.2, 0) is 4.74 Å². The number of nitrogens with two attached hydrogens (primary N) is 1. The van der Waals surface area contributed by atoms with Crippen LogP contribution in [0, 0.1) is 0 Å². The Hall–Kier alpha value is -1.25. The lowest BCUT2D eigenvalue weighted by atomic mass is 10.2. The van der Waals surface area contributed by atoms with Crippen molar-refractivity contribution in [2.24, 2.45) is 0 Å². The third kappa shape index (κ3) is 2.54. The van der Waals surface area contributed by atoms with Crippen LogP contribution in [0.4, 0.5) is 5.13 Å². The summed E-state index contributed by atoms with van der Waals surface area (Å²) in [5.74, 6) is -0.214. The number of carbonyl (C=O) groups is 1. The van der Waals surface area contributed by atoms with Gasteiger partial charge in [0, 0.05) is 6.54 Å². The number of nitrogens with zero attached hydrogens (tertiary/aromatic N) is 3. The van der Waals surface area contributed by atoms with Gasteiger partial charge in [-0.1, -0.05) is 11.3 Å². The summed E-state index contributed by atoms with van der Waals surface area (Å²) in [4.78, 5) is 13.8. The molecule has 2 heterocycles. The second-order valence-corrected chi connectivity index (χ2v) is 4.90. The number of aliphatic hydroxyl groups is 1. The van der Waals surface area contributed by atoms with Gasteiger partial charge in [0.15, 0.2) is 0 Å². The fourth-order valence-corrected chi connectivity index (χ4v) is 2.22. The van der Waals surface area contributed by atoms with E-state index in [0.717, 1.165) is 11.3 Å². The zero-order chi connectivity index (χ0) is 12.4. The highest BCUT2D eigenvalue weighted by atomic mass is 32.1. The molecule has 17 heavy (non-hydrogen) atoms. The van der Waals surface area contributed by atoms with E-state index in [1.165, 1.54) is 0 Å². The van der Waals surface area contributed by atoms with Crippen LogP contribution in [0.15, 0.2) is 0 Å². The number of rotatable bonds is 2. The van der Waals surface area contributed by atoms with Crippen molar-refractivity contribution in [2.75, 3.05) is 25.5 Å². The Kier molecular flexibility index (Phi) is 3.55. The molecule has 0 bridgehead atoms. The second kappa shape index (κ2) is 4.94. The molecular weight excluding hydrogens is 244 g/mol. The predicted molar refractivity (Wildman–Crippen MR) is 61.6 cm³/mol. The molecule has 1 aliphatic heterocycles. The van der Waals surface area contributed by atoms with Crippen molar-refractivity contribution in [2.45, 2.75) is 19.1 Å². The van der Waals surface area contributed by atoms with E-state index < -0.39 is 0 Å². The first-order valence-electron chi connectivity index (χ1n) is 5.24. The minimum Gasteiger partial charge on any atom is -0.394 e. The Bertz CT molecular complexity index is 411.